The Kier molecular flexibility index (Phi) is 5.11. The molecule has 0 aliphatic heterocycles. The van der Waals surface area contributed by atoms with Crippen LogP contribution >= 0.6 is 23.6 Å². The normalized spacial score (nSPS) is 13.1. The number of ether oxygens (including phenoxy) is 1. The van der Waals surface area contributed by atoms with Gasteiger partial charge >= 0.3 is 5.97 Å². The van der Waals surface area contributed by atoms with E-state index in [9.17, 15) is 4.79 Å². The molecule has 126 valence electrons. The minimum absolute atomic E-state index is 0.312. The first-order valence-electron chi connectivity index (χ1n) is 7.83. The fourth-order valence-corrected chi connectivity index (χ4v) is 4.39. The number of rotatable bonds is 3. The van der Waals surface area contributed by atoms with Crippen LogP contribution in [0.2, 0.25) is 0 Å². The van der Waals surface area contributed by atoms with Crippen molar-refractivity contribution in [2.75, 3.05) is 17.7 Å². The molecule has 0 aromatic carbocycles. The van der Waals surface area contributed by atoms with Gasteiger partial charge in [0.25, 0.3) is 0 Å². The second kappa shape index (κ2) is 7.27. The zero-order valence-electron chi connectivity index (χ0n) is 13.6. The molecule has 0 radical (unpaired) electrons. The summed E-state index contributed by atoms with van der Waals surface area (Å²) in [5, 5.41) is 7.37. The lowest BCUT2D eigenvalue weighted by Crippen LogP contribution is -2.21. The van der Waals surface area contributed by atoms with Crippen molar-refractivity contribution in [1.82, 2.24) is 4.98 Å². The molecule has 3 rings (SSSR count). The van der Waals surface area contributed by atoms with Gasteiger partial charge in [0.2, 0.25) is 0 Å². The minimum Gasteiger partial charge on any atom is -0.465 e. The first kappa shape index (κ1) is 16.9. The number of aromatic nitrogens is 1. The number of nitrogens with zero attached hydrogens (tertiary/aromatic N) is 1. The van der Waals surface area contributed by atoms with Crippen LogP contribution in [-0.2, 0) is 17.6 Å². The van der Waals surface area contributed by atoms with Gasteiger partial charge in [-0.05, 0) is 62.5 Å². The fraction of sp³-hybridized carbons (Fsp3) is 0.353. The summed E-state index contributed by atoms with van der Waals surface area (Å²) < 4.78 is 4.97. The zero-order valence-corrected chi connectivity index (χ0v) is 15.3. The van der Waals surface area contributed by atoms with Crippen molar-refractivity contribution < 1.29 is 9.53 Å². The van der Waals surface area contributed by atoms with Crippen LogP contribution in [-0.4, -0.2) is 23.2 Å². The van der Waals surface area contributed by atoms with Gasteiger partial charge in [-0.1, -0.05) is 6.07 Å². The number of carbonyl (C=O) groups is 1. The van der Waals surface area contributed by atoms with E-state index in [1.54, 1.807) is 11.3 Å². The third kappa shape index (κ3) is 3.57. The van der Waals surface area contributed by atoms with Crippen molar-refractivity contribution in [1.29, 1.82) is 0 Å². The summed E-state index contributed by atoms with van der Waals surface area (Å²) in [6, 6.07) is 5.68. The van der Waals surface area contributed by atoms with E-state index in [1.165, 1.54) is 12.0 Å². The van der Waals surface area contributed by atoms with E-state index in [0.717, 1.165) is 41.9 Å². The first-order valence-corrected chi connectivity index (χ1v) is 9.05. The molecule has 0 amide bonds. The SMILES string of the molecule is COC(=O)c1c(NC(=S)Nc2cccc(C)n2)sc2c1CCCC2. The van der Waals surface area contributed by atoms with E-state index in [2.05, 4.69) is 15.6 Å². The lowest BCUT2D eigenvalue weighted by atomic mass is 9.95. The standard InChI is InChI=1S/C17H19N3O2S2/c1-10-6-5-9-13(18-10)19-17(23)20-15-14(16(21)22-2)11-7-3-4-8-12(11)24-15/h5-6,9H,3-4,7-8H2,1-2H3,(H2,18,19,20,23). The molecular formula is C17H19N3O2S2. The Hall–Kier alpha value is -1.99. The van der Waals surface area contributed by atoms with Gasteiger partial charge in [0.15, 0.2) is 5.11 Å². The van der Waals surface area contributed by atoms with Crippen molar-refractivity contribution in [3.63, 3.8) is 0 Å². The molecule has 2 N–H and O–H groups in total. The van der Waals surface area contributed by atoms with E-state index >= 15 is 0 Å². The maximum Gasteiger partial charge on any atom is 0.341 e. The monoisotopic (exact) mass is 361 g/mol. The summed E-state index contributed by atoms with van der Waals surface area (Å²) >= 11 is 6.96. The summed E-state index contributed by atoms with van der Waals surface area (Å²) in [4.78, 5) is 17.8. The third-order valence-electron chi connectivity index (χ3n) is 3.92. The number of esters is 1. The Morgan fingerprint density at radius 1 is 1.29 bits per heavy atom. The van der Waals surface area contributed by atoms with Gasteiger partial charge in [0.1, 0.15) is 10.8 Å². The van der Waals surface area contributed by atoms with E-state index in [-0.39, 0.29) is 5.97 Å². The summed E-state index contributed by atoms with van der Waals surface area (Å²) in [6.45, 7) is 1.92. The summed E-state index contributed by atoms with van der Waals surface area (Å²) in [5.74, 6) is 0.363. The zero-order chi connectivity index (χ0) is 17.1. The van der Waals surface area contributed by atoms with Crippen LogP contribution in [0.15, 0.2) is 18.2 Å². The van der Waals surface area contributed by atoms with Crippen LogP contribution in [0.1, 0.15) is 39.3 Å². The molecule has 2 heterocycles. The number of pyridine rings is 1. The molecule has 5 nitrogen and oxygen atoms in total. The maximum atomic E-state index is 12.2. The average Bonchev–Trinajstić information content (AvgIpc) is 2.91. The molecular weight excluding hydrogens is 342 g/mol. The Balaban J connectivity index is 1.82. The molecule has 0 bridgehead atoms. The number of nitrogens with one attached hydrogen (secondary N) is 2. The van der Waals surface area contributed by atoms with E-state index in [4.69, 9.17) is 17.0 Å². The van der Waals surface area contributed by atoms with Crippen molar-refractivity contribution >= 4 is 45.5 Å². The molecule has 0 fully saturated rings. The number of anilines is 2. The number of thiocarbonyl (C=S) groups is 1. The predicted octanol–water partition coefficient (Wildman–Crippen LogP) is 3.93. The van der Waals surface area contributed by atoms with Gasteiger partial charge in [0.05, 0.1) is 12.7 Å². The van der Waals surface area contributed by atoms with Crippen molar-refractivity contribution in [3.8, 4) is 0 Å². The highest BCUT2D eigenvalue weighted by molar-refractivity contribution is 7.80. The number of fused-ring (bicyclic) bond motifs is 1. The quantitative estimate of drug-likeness (QED) is 0.638. The Bertz CT molecular complexity index is 786. The number of hydrogen-bond donors (Lipinski definition) is 2. The average molecular weight is 361 g/mol. The second-order valence-corrected chi connectivity index (χ2v) is 7.16. The lowest BCUT2D eigenvalue weighted by molar-refractivity contribution is 0.0601. The first-order chi connectivity index (χ1) is 11.6. The highest BCUT2D eigenvalue weighted by Crippen LogP contribution is 2.38. The fourth-order valence-electron chi connectivity index (χ4n) is 2.84. The third-order valence-corrected chi connectivity index (χ3v) is 5.33. The van der Waals surface area contributed by atoms with E-state index in [0.29, 0.717) is 16.5 Å². The minimum atomic E-state index is -0.312. The molecule has 2 aromatic rings. The van der Waals surface area contributed by atoms with Crippen LogP contribution < -0.4 is 10.6 Å². The molecule has 0 saturated carbocycles. The smallest absolute Gasteiger partial charge is 0.341 e. The van der Waals surface area contributed by atoms with E-state index in [1.807, 2.05) is 25.1 Å². The number of carbonyl (C=O) groups excluding carboxylic acids is 1. The second-order valence-electron chi connectivity index (χ2n) is 5.65. The highest BCUT2D eigenvalue weighted by atomic mass is 32.1. The van der Waals surface area contributed by atoms with Gasteiger partial charge in [-0.15, -0.1) is 11.3 Å². The number of hydrogen-bond acceptors (Lipinski definition) is 5. The molecule has 24 heavy (non-hydrogen) atoms. The Morgan fingerprint density at radius 3 is 2.83 bits per heavy atom. The van der Waals surface area contributed by atoms with Crippen molar-refractivity contribution in [2.24, 2.45) is 0 Å². The van der Waals surface area contributed by atoms with Crippen LogP contribution in [0.3, 0.4) is 0 Å². The molecule has 1 aliphatic carbocycles. The van der Waals surface area contributed by atoms with Gasteiger partial charge < -0.3 is 15.4 Å². The molecule has 7 heteroatoms. The molecule has 2 aromatic heterocycles. The maximum absolute atomic E-state index is 12.2. The number of aryl methyl sites for hydroxylation is 2. The van der Waals surface area contributed by atoms with Crippen LogP contribution in [0, 0.1) is 6.92 Å². The molecule has 1 aliphatic rings. The number of thiophene rings is 1. The van der Waals surface area contributed by atoms with E-state index < -0.39 is 0 Å². The molecule has 0 atom stereocenters. The van der Waals surface area contributed by atoms with Crippen LogP contribution in [0.4, 0.5) is 10.8 Å². The van der Waals surface area contributed by atoms with Gasteiger partial charge in [0, 0.05) is 10.6 Å². The van der Waals surface area contributed by atoms with Crippen molar-refractivity contribution in [2.45, 2.75) is 32.6 Å². The highest BCUT2D eigenvalue weighted by Gasteiger charge is 2.26. The topological polar surface area (TPSA) is 63.2 Å². The van der Waals surface area contributed by atoms with Crippen LogP contribution in [0.5, 0.6) is 0 Å². The van der Waals surface area contributed by atoms with Crippen molar-refractivity contribution in [3.05, 3.63) is 39.9 Å². The Labute approximate surface area is 150 Å². The largest absolute Gasteiger partial charge is 0.465 e. The van der Waals surface area contributed by atoms with Crippen LogP contribution in [0.25, 0.3) is 0 Å². The predicted molar refractivity (Wildman–Crippen MR) is 101 cm³/mol. The molecule has 0 unspecified atom stereocenters. The lowest BCUT2D eigenvalue weighted by Gasteiger charge is -2.12. The summed E-state index contributed by atoms with van der Waals surface area (Å²) in [6.07, 6.45) is 4.18. The van der Waals surface area contributed by atoms with Gasteiger partial charge in [-0.3, -0.25) is 0 Å². The summed E-state index contributed by atoms with van der Waals surface area (Å²) in [7, 11) is 1.41. The summed E-state index contributed by atoms with van der Waals surface area (Å²) in [5.41, 5.74) is 2.64. The van der Waals surface area contributed by atoms with Gasteiger partial charge in [-0.25, -0.2) is 9.78 Å². The van der Waals surface area contributed by atoms with Gasteiger partial charge in [-0.2, -0.15) is 0 Å². The Morgan fingerprint density at radius 2 is 2.08 bits per heavy atom. The molecule has 0 saturated heterocycles. The number of methoxy groups -OCH3 is 1. The molecule has 0 spiro atoms.